The molecule has 1 aromatic heterocycles. The van der Waals surface area contributed by atoms with Gasteiger partial charge in [0.05, 0.1) is 16.4 Å². The SMILES string of the molecule is NCC#Cc1ccsc1COc1ccc(Cl)c(F)c1. The molecule has 2 rings (SSSR count). The van der Waals surface area contributed by atoms with Crippen LogP contribution in [0.4, 0.5) is 4.39 Å². The first-order valence-corrected chi connectivity index (χ1v) is 6.79. The fourth-order valence-corrected chi connectivity index (χ4v) is 2.28. The summed E-state index contributed by atoms with van der Waals surface area (Å²) in [5.74, 6) is 5.71. The van der Waals surface area contributed by atoms with Crippen LogP contribution in [0.3, 0.4) is 0 Å². The first-order valence-electron chi connectivity index (χ1n) is 5.54. The summed E-state index contributed by atoms with van der Waals surface area (Å²) < 4.78 is 18.8. The van der Waals surface area contributed by atoms with Crippen LogP contribution in [0, 0.1) is 17.7 Å². The normalized spacial score (nSPS) is 9.84. The number of halogens is 2. The smallest absolute Gasteiger partial charge is 0.145 e. The highest BCUT2D eigenvalue weighted by molar-refractivity contribution is 7.10. The van der Waals surface area contributed by atoms with Crippen LogP contribution in [0.25, 0.3) is 0 Å². The number of hydrogen-bond donors (Lipinski definition) is 1. The van der Waals surface area contributed by atoms with Crippen LogP contribution in [0.15, 0.2) is 29.6 Å². The maximum Gasteiger partial charge on any atom is 0.145 e. The molecule has 0 fully saturated rings. The number of rotatable bonds is 3. The average Bonchev–Trinajstić information content (AvgIpc) is 2.85. The third-order valence-corrected chi connectivity index (χ3v) is 3.53. The third kappa shape index (κ3) is 3.71. The molecule has 0 saturated carbocycles. The Morgan fingerprint density at radius 2 is 2.21 bits per heavy atom. The van der Waals surface area contributed by atoms with Crippen LogP contribution in [0.1, 0.15) is 10.4 Å². The molecule has 0 aliphatic carbocycles. The van der Waals surface area contributed by atoms with Gasteiger partial charge in [0.2, 0.25) is 0 Å². The molecule has 1 heterocycles. The van der Waals surface area contributed by atoms with Gasteiger partial charge in [0.15, 0.2) is 0 Å². The van der Waals surface area contributed by atoms with Crippen molar-refractivity contribution in [3.63, 3.8) is 0 Å². The lowest BCUT2D eigenvalue weighted by Gasteiger charge is -2.05. The second-order valence-corrected chi connectivity index (χ2v) is 5.04. The van der Waals surface area contributed by atoms with Crippen molar-refractivity contribution in [1.29, 1.82) is 0 Å². The summed E-state index contributed by atoms with van der Waals surface area (Å²) in [5, 5.41) is 2.01. The van der Waals surface area contributed by atoms with Crippen molar-refractivity contribution in [1.82, 2.24) is 0 Å². The Hall–Kier alpha value is -1.54. The Bertz CT molecular complexity index is 630. The predicted molar refractivity (Wildman–Crippen MR) is 76.0 cm³/mol. The van der Waals surface area contributed by atoms with E-state index in [-0.39, 0.29) is 5.02 Å². The van der Waals surface area contributed by atoms with E-state index in [9.17, 15) is 4.39 Å². The molecule has 98 valence electrons. The zero-order valence-corrected chi connectivity index (χ0v) is 11.5. The van der Waals surface area contributed by atoms with Crippen LogP contribution in [0.5, 0.6) is 5.75 Å². The minimum absolute atomic E-state index is 0.0815. The Morgan fingerprint density at radius 1 is 1.37 bits per heavy atom. The van der Waals surface area contributed by atoms with Gasteiger partial charge in [-0.2, -0.15) is 0 Å². The van der Waals surface area contributed by atoms with E-state index in [4.69, 9.17) is 22.1 Å². The van der Waals surface area contributed by atoms with Crippen LogP contribution in [-0.4, -0.2) is 6.54 Å². The van der Waals surface area contributed by atoms with Crippen molar-refractivity contribution >= 4 is 22.9 Å². The number of nitrogens with two attached hydrogens (primary N) is 1. The molecule has 2 nitrogen and oxygen atoms in total. The maximum absolute atomic E-state index is 13.2. The van der Waals surface area contributed by atoms with Crippen molar-refractivity contribution < 1.29 is 9.13 Å². The van der Waals surface area contributed by atoms with E-state index in [1.165, 1.54) is 23.5 Å². The van der Waals surface area contributed by atoms with Crippen molar-refractivity contribution in [2.24, 2.45) is 5.73 Å². The van der Waals surface area contributed by atoms with Gasteiger partial charge in [0.1, 0.15) is 18.2 Å². The van der Waals surface area contributed by atoms with E-state index in [1.807, 2.05) is 11.4 Å². The first kappa shape index (κ1) is 13.9. The van der Waals surface area contributed by atoms with Crippen LogP contribution in [0.2, 0.25) is 5.02 Å². The van der Waals surface area contributed by atoms with Crippen molar-refractivity contribution in [3.8, 4) is 17.6 Å². The number of ether oxygens (including phenoxy) is 1. The van der Waals surface area contributed by atoms with E-state index < -0.39 is 5.82 Å². The average molecular weight is 296 g/mol. The van der Waals surface area contributed by atoms with E-state index in [0.717, 1.165) is 10.4 Å². The van der Waals surface area contributed by atoms with E-state index >= 15 is 0 Å². The molecule has 2 aromatic rings. The lowest BCUT2D eigenvalue weighted by atomic mass is 10.2. The second-order valence-electron chi connectivity index (χ2n) is 3.63. The molecule has 2 N–H and O–H groups in total. The zero-order valence-electron chi connectivity index (χ0n) is 9.95. The monoisotopic (exact) mass is 295 g/mol. The summed E-state index contributed by atoms with van der Waals surface area (Å²) in [6.45, 7) is 0.659. The summed E-state index contributed by atoms with van der Waals surface area (Å²) in [6.07, 6.45) is 0. The molecule has 19 heavy (non-hydrogen) atoms. The Balaban J connectivity index is 2.06. The number of hydrogen-bond acceptors (Lipinski definition) is 3. The van der Waals surface area contributed by atoms with E-state index in [2.05, 4.69) is 11.8 Å². The van der Waals surface area contributed by atoms with Crippen LogP contribution >= 0.6 is 22.9 Å². The van der Waals surface area contributed by atoms with Gasteiger partial charge >= 0.3 is 0 Å². The summed E-state index contributed by atoms with van der Waals surface area (Å²) >= 11 is 7.14. The van der Waals surface area contributed by atoms with Gasteiger partial charge in [-0.1, -0.05) is 23.4 Å². The largest absolute Gasteiger partial charge is 0.488 e. The van der Waals surface area contributed by atoms with Gasteiger partial charge in [0.25, 0.3) is 0 Å². The van der Waals surface area contributed by atoms with Crippen LogP contribution < -0.4 is 10.5 Å². The summed E-state index contributed by atoms with van der Waals surface area (Å²) in [7, 11) is 0. The first-order chi connectivity index (χ1) is 9.20. The van der Waals surface area contributed by atoms with E-state index in [1.54, 1.807) is 6.07 Å². The second kappa shape index (κ2) is 6.58. The highest BCUT2D eigenvalue weighted by Gasteiger charge is 2.05. The Morgan fingerprint density at radius 3 is 2.95 bits per heavy atom. The van der Waals surface area contributed by atoms with Gasteiger partial charge in [-0.3, -0.25) is 0 Å². The number of benzene rings is 1. The lowest BCUT2D eigenvalue weighted by molar-refractivity contribution is 0.308. The fraction of sp³-hybridized carbons (Fsp3) is 0.143. The Kier molecular flexibility index (Phi) is 4.80. The lowest BCUT2D eigenvalue weighted by Crippen LogP contribution is -1.96. The summed E-state index contributed by atoms with van der Waals surface area (Å²) in [5.41, 5.74) is 6.23. The summed E-state index contributed by atoms with van der Waals surface area (Å²) in [6, 6.07) is 6.27. The molecule has 5 heteroatoms. The molecule has 0 bridgehead atoms. The minimum atomic E-state index is -0.492. The third-order valence-electron chi connectivity index (χ3n) is 2.33. The van der Waals surface area contributed by atoms with Gasteiger partial charge < -0.3 is 10.5 Å². The number of thiophene rings is 1. The molecular formula is C14H11ClFNOS. The highest BCUT2D eigenvalue weighted by atomic mass is 35.5. The maximum atomic E-state index is 13.2. The van der Waals surface area contributed by atoms with Crippen molar-refractivity contribution in [2.75, 3.05) is 6.54 Å². The molecule has 1 aromatic carbocycles. The minimum Gasteiger partial charge on any atom is -0.488 e. The van der Waals surface area contributed by atoms with Gasteiger partial charge in [-0.25, -0.2) is 4.39 Å². The van der Waals surface area contributed by atoms with Gasteiger partial charge in [-0.05, 0) is 23.6 Å². The van der Waals surface area contributed by atoms with Crippen molar-refractivity contribution in [2.45, 2.75) is 6.61 Å². The molecule has 0 amide bonds. The molecular weight excluding hydrogens is 285 g/mol. The molecule has 0 saturated heterocycles. The molecule has 0 aliphatic rings. The standard InChI is InChI=1S/C14H11ClFNOS/c15-12-4-3-11(8-13(12)16)18-9-14-10(2-1-6-17)5-7-19-14/h3-5,7-8H,6,9,17H2. The molecule has 0 spiro atoms. The van der Waals surface area contributed by atoms with Gasteiger partial charge in [-0.15, -0.1) is 11.3 Å². The molecule has 0 unspecified atom stereocenters. The quantitative estimate of drug-likeness (QED) is 0.881. The van der Waals surface area contributed by atoms with Crippen LogP contribution in [-0.2, 0) is 6.61 Å². The topological polar surface area (TPSA) is 35.2 Å². The summed E-state index contributed by atoms with van der Waals surface area (Å²) in [4.78, 5) is 0.983. The Labute approximate surface area is 120 Å². The molecule has 0 aliphatic heterocycles. The van der Waals surface area contributed by atoms with Gasteiger partial charge in [0, 0.05) is 11.6 Å². The fourth-order valence-electron chi connectivity index (χ4n) is 1.43. The zero-order chi connectivity index (χ0) is 13.7. The van der Waals surface area contributed by atoms with Crippen molar-refractivity contribution in [3.05, 3.63) is 50.9 Å². The highest BCUT2D eigenvalue weighted by Crippen LogP contribution is 2.23. The molecule has 0 radical (unpaired) electrons. The predicted octanol–water partition coefficient (Wildman–Crippen LogP) is 3.43. The molecule has 0 atom stereocenters. The van der Waals surface area contributed by atoms with E-state index in [0.29, 0.717) is 18.9 Å².